The van der Waals surface area contributed by atoms with Crippen LogP contribution in [0.15, 0.2) is 16.7 Å². The molecule has 1 aromatic rings. The van der Waals surface area contributed by atoms with E-state index in [1.807, 2.05) is 6.07 Å². The Morgan fingerprint density at radius 2 is 2.15 bits per heavy atom. The number of halogens is 1. The maximum absolute atomic E-state index is 5.76. The normalized spacial score (nSPS) is 10.6. The molecule has 1 heterocycles. The Morgan fingerprint density at radius 3 is 2.77 bits per heavy atom. The topological polar surface area (TPSA) is 37.2 Å². The van der Waals surface area contributed by atoms with Crippen molar-refractivity contribution in [3.63, 3.8) is 0 Å². The van der Waals surface area contributed by atoms with Crippen LogP contribution < -0.4 is 10.6 Å². The molecule has 0 bridgehead atoms. The SMILES string of the molecule is CCNCCNCc1ccoc1Cl. The number of furan rings is 1. The molecule has 0 saturated carbocycles. The summed E-state index contributed by atoms with van der Waals surface area (Å²) < 4.78 is 4.95. The van der Waals surface area contributed by atoms with Gasteiger partial charge in [-0.1, -0.05) is 6.92 Å². The molecule has 2 N–H and O–H groups in total. The van der Waals surface area contributed by atoms with Gasteiger partial charge in [-0.2, -0.15) is 0 Å². The highest BCUT2D eigenvalue weighted by molar-refractivity contribution is 6.29. The van der Waals surface area contributed by atoms with Gasteiger partial charge in [0.05, 0.1) is 6.26 Å². The molecule has 0 spiro atoms. The lowest BCUT2D eigenvalue weighted by atomic mass is 10.3. The van der Waals surface area contributed by atoms with Crippen LogP contribution in [0.4, 0.5) is 0 Å². The molecule has 0 aliphatic rings. The first-order chi connectivity index (χ1) is 6.34. The van der Waals surface area contributed by atoms with Crippen LogP contribution in [0, 0.1) is 0 Å². The maximum atomic E-state index is 5.76. The smallest absolute Gasteiger partial charge is 0.197 e. The minimum atomic E-state index is 0.482. The summed E-state index contributed by atoms with van der Waals surface area (Å²) in [7, 11) is 0. The first-order valence-electron chi connectivity index (χ1n) is 4.48. The van der Waals surface area contributed by atoms with E-state index >= 15 is 0 Å². The van der Waals surface area contributed by atoms with Gasteiger partial charge in [0.15, 0.2) is 5.22 Å². The van der Waals surface area contributed by atoms with Crippen LogP contribution in [0.2, 0.25) is 5.22 Å². The van der Waals surface area contributed by atoms with E-state index < -0.39 is 0 Å². The van der Waals surface area contributed by atoms with Crippen molar-refractivity contribution in [3.05, 3.63) is 23.1 Å². The second-order valence-electron chi connectivity index (χ2n) is 2.75. The Kier molecular flexibility index (Phi) is 4.90. The molecule has 1 aromatic heterocycles. The van der Waals surface area contributed by atoms with Crippen molar-refractivity contribution in [1.29, 1.82) is 0 Å². The molecule has 0 unspecified atom stereocenters. The van der Waals surface area contributed by atoms with E-state index in [4.69, 9.17) is 16.0 Å². The van der Waals surface area contributed by atoms with E-state index in [9.17, 15) is 0 Å². The Labute approximate surface area is 83.5 Å². The fraction of sp³-hybridized carbons (Fsp3) is 0.556. The second kappa shape index (κ2) is 6.02. The van der Waals surface area contributed by atoms with Gasteiger partial charge in [0.25, 0.3) is 0 Å². The number of hydrogen-bond donors (Lipinski definition) is 2. The minimum Gasteiger partial charge on any atom is -0.453 e. The third-order valence-corrected chi connectivity index (χ3v) is 2.07. The highest BCUT2D eigenvalue weighted by Gasteiger charge is 2.00. The zero-order valence-corrected chi connectivity index (χ0v) is 8.53. The first kappa shape index (κ1) is 10.6. The summed E-state index contributed by atoms with van der Waals surface area (Å²) >= 11 is 5.76. The van der Waals surface area contributed by atoms with Gasteiger partial charge in [0.1, 0.15) is 0 Å². The molecule has 0 aliphatic carbocycles. The van der Waals surface area contributed by atoms with Crippen molar-refractivity contribution < 1.29 is 4.42 Å². The van der Waals surface area contributed by atoms with E-state index in [1.165, 1.54) is 0 Å². The van der Waals surface area contributed by atoms with Crippen LogP contribution in [0.5, 0.6) is 0 Å². The average Bonchev–Trinajstić information content (AvgIpc) is 2.52. The van der Waals surface area contributed by atoms with Crippen LogP contribution in [0.25, 0.3) is 0 Å². The predicted octanol–water partition coefficient (Wildman–Crippen LogP) is 1.63. The largest absolute Gasteiger partial charge is 0.453 e. The van der Waals surface area contributed by atoms with Crippen molar-refractivity contribution in [2.45, 2.75) is 13.5 Å². The number of nitrogens with one attached hydrogen (secondary N) is 2. The van der Waals surface area contributed by atoms with Gasteiger partial charge in [-0.05, 0) is 24.2 Å². The Balaban J connectivity index is 2.10. The standard InChI is InChI=1S/C9H15ClN2O/c1-2-11-4-5-12-7-8-3-6-13-9(8)10/h3,6,11-12H,2,4-5,7H2,1H3. The number of likely N-dealkylation sites (N-methyl/N-ethyl adjacent to an activating group) is 1. The highest BCUT2D eigenvalue weighted by Crippen LogP contribution is 2.15. The molecule has 0 aromatic carbocycles. The molecule has 0 radical (unpaired) electrons. The lowest BCUT2D eigenvalue weighted by molar-refractivity contribution is 0.561. The van der Waals surface area contributed by atoms with Gasteiger partial charge in [-0.3, -0.25) is 0 Å². The molecular formula is C9H15ClN2O. The van der Waals surface area contributed by atoms with E-state index in [0.717, 1.165) is 31.7 Å². The molecule has 13 heavy (non-hydrogen) atoms. The maximum Gasteiger partial charge on any atom is 0.197 e. The van der Waals surface area contributed by atoms with Crippen LogP contribution >= 0.6 is 11.6 Å². The third-order valence-electron chi connectivity index (χ3n) is 1.74. The fourth-order valence-corrected chi connectivity index (χ4v) is 1.20. The van der Waals surface area contributed by atoms with Gasteiger partial charge in [-0.15, -0.1) is 0 Å². The lowest BCUT2D eigenvalue weighted by Crippen LogP contribution is -2.26. The van der Waals surface area contributed by atoms with Crippen molar-refractivity contribution in [3.8, 4) is 0 Å². The summed E-state index contributed by atoms with van der Waals surface area (Å²) in [6.45, 7) is 5.78. The average molecular weight is 203 g/mol. The van der Waals surface area contributed by atoms with Crippen LogP contribution in [0.1, 0.15) is 12.5 Å². The van der Waals surface area contributed by atoms with Gasteiger partial charge in [-0.25, -0.2) is 0 Å². The van der Waals surface area contributed by atoms with Crippen LogP contribution in [0.3, 0.4) is 0 Å². The molecule has 3 nitrogen and oxygen atoms in total. The quantitative estimate of drug-likeness (QED) is 0.689. The Hall–Kier alpha value is -0.510. The minimum absolute atomic E-state index is 0.482. The van der Waals surface area contributed by atoms with Gasteiger partial charge in [0, 0.05) is 25.2 Å². The van der Waals surface area contributed by atoms with Gasteiger partial charge in [0.2, 0.25) is 0 Å². The summed E-state index contributed by atoms with van der Waals surface area (Å²) in [6.07, 6.45) is 1.60. The van der Waals surface area contributed by atoms with E-state index in [0.29, 0.717) is 5.22 Å². The van der Waals surface area contributed by atoms with Gasteiger partial charge >= 0.3 is 0 Å². The molecule has 1 rings (SSSR count). The van der Waals surface area contributed by atoms with E-state index in [2.05, 4.69) is 17.6 Å². The number of hydrogen-bond acceptors (Lipinski definition) is 3. The molecule has 0 aliphatic heterocycles. The molecule has 0 fully saturated rings. The van der Waals surface area contributed by atoms with Crippen molar-refractivity contribution in [2.24, 2.45) is 0 Å². The molecule has 0 atom stereocenters. The lowest BCUT2D eigenvalue weighted by Gasteiger charge is -2.03. The summed E-state index contributed by atoms with van der Waals surface area (Å²) in [5.74, 6) is 0. The molecular weight excluding hydrogens is 188 g/mol. The van der Waals surface area contributed by atoms with E-state index in [1.54, 1.807) is 6.26 Å². The van der Waals surface area contributed by atoms with Gasteiger partial charge < -0.3 is 15.1 Å². The molecule has 74 valence electrons. The Morgan fingerprint density at radius 1 is 1.38 bits per heavy atom. The monoisotopic (exact) mass is 202 g/mol. The zero-order valence-electron chi connectivity index (χ0n) is 7.77. The number of rotatable bonds is 6. The van der Waals surface area contributed by atoms with Crippen LogP contribution in [-0.4, -0.2) is 19.6 Å². The first-order valence-corrected chi connectivity index (χ1v) is 4.85. The second-order valence-corrected chi connectivity index (χ2v) is 3.09. The molecule has 4 heteroatoms. The van der Waals surface area contributed by atoms with Crippen molar-refractivity contribution in [2.75, 3.05) is 19.6 Å². The molecule has 0 saturated heterocycles. The highest BCUT2D eigenvalue weighted by atomic mass is 35.5. The summed E-state index contributed by atoms with van der Waals surface area (Å²) in [4.78, 5) is 0. The third kappa shape index (κ3) is 3.81. The predicted molar refractivity (Wildman–Crippen MR) is 54.0 cm³/mol. The van der Waals surface area contributed by atoms with Crippen molar-refractivity contribution in [1.82, 2.24) is 10.6 Å². The Bertz CT molecular complexity index is 237. The summed E-state index contributed by atoms with van der Waals surface area (Å²) in [5.41, 5.74) is 1.01. The zero-order chi connectivity index (χ0) is 9.52. The fourth-order valence-electron chi connectivity index (χ4n) is 1.02. The van der Waals surface area contributed by atoms with Crippen LogP contribution in [-0.2, 0) is 6.54 Å². The van der Waals surface area contributed by atoms with Crippen molar-refractivity contribution >= 4 is 11.6 Å². The van der Waals surface area contributed by atoms with E-state index in [-0.39, 0.29) is 0 Å². The molecule has 0 amide bonds. The summed E-state index contributed by atoms with van der Waals surface area (Å²) in [6, 6.07) is 1.88. The summed E-state index contributed by atoms with van der Waals surface area (Å²) in [5, 5.41) is 6.96.